The van der Waals surface area contributed by atoms with Gasteiger partial charge in [0.05, 0.1) is 5.52 Å². The third-order valence-corrected chi connectivity index (χ3v) is 6.69. The highest BCUT2D eigenvalue weighted by molar-refractivity contribution is 5.88. The van der Waals surface area contributed by atoms with Crippen LogP contribution in [0.15, 0.2) is 35.1 Å². The van der Waals surface area contributed by atoms with E-state index in [-0.39, 0.29) is 18.4 Å². The van der Waals surface area contributed by atoms with Crippen LogP contribution >= 0.6 is 0 Å². The molecular formula is C27H34N2O4. The summed E-state index contributed by atoms with van der Waals surface area (Å²) in [6.45, 7) is 6.51. The van der Waals surface area contributed by atoms with E-state index >= 15 is 0 Å². The summed E-state index contributed by atoms with van der Waals surface area (Å²) in [6, 6.07) is 10.1. The molecule has 176 valence electrons. The van der Waals surface area contributed by atoms with Crippen molar-refractivity contribution in [2.24, 2.45) is 0 Å². The summed E-state index contributed by atoms with van der Waals surface area (Å²) < 4.78 is 10.7. The lowest BCUT2D eigenvalue weighted by Crippen LogP contribution is -2.40. The number of methoxy groups -OCH3 is 1. The van der Waals surface area contributed by atoms with Crippen molar-refractivity contribution in [3.05, 3.63) is 74.1 Å². The summed E-state index contributed by atoms with van der Waals surface area (Å²) in [7, 11) is 1.56. The maximum absolute atomic E-state index is 12.0. The van der Waals surface area contributed by atoms with Crippen molar-refractivity contribution >= 4 is 10.9 Å². The van der Waals surface area contributed by atoms with Crippen LogP contribution in [0, 0.1) is 6.92 Å². The van der Waals surface area contributed by atoms with Crippen LogP contribution in [0.4, 0.5) is 0 Å². The summed E-state index contributed by atoms with van der Waals surface area (Å²) in [6.07, 6.45) is 3.71. The molecule has 4 rings (SSSR count). The molecule has 0 radical (unpaired) electrons. The van der Waals surface area contributed by atoms with Crippen molar-refractivity contribution in [3.63, 3.8) is 0 Å². The van der Waals surface area contributed by atoms with Crippen LogP contribution in [0.3, 0.4) is 0 Å². The van der Waals surface area contributed by atoms with Gasteiger partial charge in [0.25, 0.3) is 0 Å². The predicted molar refractivity (Wildman–Crippen MR) is 131 cm³/mol. The Morgan fingerprint density at radius 1 is 1.12 bits per heavy atom. The summed E-state index contributed by atoms with van der Waals surface area (Å²) >= 11 is 0. The van der Waals surface area contributed by atoms with E-state index in [2.05, 4.69) is 36.3 Å². The highest BCUT2D eigenvalue weighted by Gasteiger charge is 2.25. The third-order valence-electron chi connectivity index (χ3n) is 6.69. The SMILES string of the molecule is CCc1cc2c(cc1CC)CC(NC(O)Cc1c(C)cc(OCOC)c3[nH]c(=O)ccc13)C2. The summed E-state index contributed by atoms with van der Waals surface area (Å²) in [5.74, 6) is 0.568. The van der Waals surface area contributed by atoms with Gasteiger partial charge < -0.3 is 19.6 Å². The van der Waals surface area contributed by atoms with Gasteiger partial charge in [-0.2, -0.15) is 0 Å². The monoisotopic (exact) mass is 450 g/mol. The molecule has 0 aliphatic heterocycles. The number of hydrogen-bond donors (Lipinski definition) is 3. The Morgan fingerprint density at radius 3 is 2.39 bits per heavy atom. The van der Waals surface area contributed by atoms with Gasteiger partial charge in [0.1, 0.15) is 12.0 Å². The maximum atomic E-state index is 12.0. The predicted octanol–water partition coefficient (Wildman–Crippen LogP) is 3.56. The lowest BCUT2D eigenvalue weighted by molar-refractivity contribution is 0.0520. The van der Waals surface area contributed by atoms with Crippen molar-refractivity contribution in [2.75, 3.05) is 13.9 Å². The van der Waals surface area contributed by atoms with Crippen molar-refractivity contribution in [2.45, 2.75) is 65.1 Å². The molecule has 1 aliphatic rings. The molecule has 0 bridgehead atoms. The Balaban J connectivity index is 1.53. The fraction of sp³-hybridized carbons (Fsp3) is 0.444. The molecule has 1 aliphatic carbocycles. The number of ether oxygens (including phenoxy) is 2. The Hall–Kier alpha value is -2.67. The normalized spacial score (nSPS) is 14.6. The van der Waals surface area contributed by atoms with Gasteiger partial charge in [-0.25, -0.2) is 0 Å². The minimum atomic E-state index is -0.694. The van der Waals surface area contributed by atoms with Gasteiger partial charge in [-0.1, -0.05) is 26.0 Å². The van der Waals surface area contributed by atoms with Crippen LogP contribution < -0.4 is 15.6 Å². The second-order valence-corrected chi connectivity index (χ2v) is 8.92. The van der Waals surface area contributed by atoms with Crippen molar-refractivity contribution in [3.8, 4) is 5.75 Å². The van der Waals surface area contributed by atoms with Gasteiger partial charge >= 0.3 is 0 Å². The third kappa shape index (κ3) is 4.98. The highest BCUT2D eigenvalue weighted by atomic mass is 16.7. The van der Waals surface area contributed by atoms with E-state index in [1.165, 1.54) is 28.3 Å². The molecule has 1 aromatic heterocycles. The number of aliphatic hydroxyl groups excluding tert-OH is 1. The molecule has 1 heterocycles. The highest BCUT2D eigenvalue weighted by Crippen LogP contribution is 2.31. The number of H-pyrrole nitrogens is 1. The number of hydrogen-bond acceptors (Lipinski definition) is 5. The average molecular weight is 451 g/mol. The number of aromatic amines is 1. The van der Waals surface area contributed by atoms with E-state index in [1.54, 1.807) is 13.2 Å². The molecular weight excluding hydrogens is 416 g/mol. The van der Waals surface area contributed by atoms with E-state index in [4.69, 9.17) is 9.47 Å². The van der Waals surface area contributed by atoms with Crippen LogP contribution in [0.5, 0.6) is 5.75 Å². The standard InChI is InChI=1S/C27H34N2O4/c1-5-17-10-19-12-21(13-20(19)11-18(17)6-2)28-26(31)14-23-16(3)9-24(33-15-32-4)27-22(23)7-8-25(30)29-27/h7-11,21,26,28,31H,5-6,12-15H2,1-4H3,(H,29,30). The zero-order valence-corrected chi connectivity index (χ0v) is 20.0. The van der Waals surface area contributed by atoms with Gasteiger partial charge in [-0.15, -0.1) is 0 Å². The van der Waals surface area contributed by atoms with Crippen molar-refractivity contribution in [1.29, 1.82) is 0 Å². The minimum absolute atomic E-state index is 0.0940. The van der Waals surface area contributed by atoms with Gasteiger partial charge in [-0.05, 0) is 78.1 Å². The van der Waals surface area contributed by atoms with Gasteiger partial charge in [0.15, 0.2) is 6.79 Å². The molecule has 0 saturated carbocycles. The molecule has 0 spiro atoms. The number of aliphatic hydroxyl groups is 1. The molecule has 2 aromatic carbocycles. The molecule has 33 heavy (non-hydrogen) atoms. The molecule has 1 atom stereocenters. The Bertz CT molecular complexity index is 1170. The number of fused-ring (bicyclic) bond motifs is 2. The lowest BCUT2D eigenvalue weighted by Gasteiger charge is -2.21. The van der Waals surface area contributed by atoms with E-state index in [9.17, 15) is 9.90 Å². The number of nitrogens with one attached hydrogen (secondary N) is 2. The van der Waals surface area contributed by atoms with Crippen LogP contribution in [0.25, 0.3) is 10.9 Å². The Kier molecular flexibility index (Phi) is 7.17. The fourth-order valence-corrected chi connectivity index (χ4v) is 5.07. The molecule has 0 fully saturated rings. The van der Waals surface area contributed by atoms with Gasteiger partial charge in [0.2, 0.25) is 5.56 Å². The number of pyridine rings is 1. The maximum Gasteiger partial charge on any atom is 0.248 e. The second kappa shape index (κ2) is 10.1. The molecule has 3 aromatic rings. The largest absolute Gasteiger partial charge is 0.465 e. The minimum Gasteiger partial charge on any atom is -0.465 e. The zero-order chi connectivity index (χ0) is 23.5. The average Bonchev–Trinajstić information content (AvgIpc) is 3.19. The first-order chi connectivity index (χ1) is 15.9. The molecule has 1 unspecified atom stereocenters. The number of aromatic nitrogens is 1. The summed E-state index contributed by atoms with van der Waals surface area (Å²) in [4.78, 5) is 14.8. The topological polar surface area (TPSA) is 83.6 Å². The van der Waals surface area contributed by atoms with Crippen LogP contribution in [-0.2, 0) is 36.8 Å². The molecule has 6 nitrogen and oxygen atoms in total. The van der Waals surface area contributed by atoms with Crippen LogP contribution in [0.2, 0.25) is 0 Å². The van der Waals surface area contributed by atoms with Crippen molar-refractivity contribution < 1.29 is 14.6 Å². The Morgan fingerprint density at radius 2 is 1.79 bits per heavy atom. The first kappa shape index (κ1) is 23.5. The fourth-order valence-electron chi connectivity index (χ4n) is 5.07. The van der Waals surface area contributed by atoms with Crippen LogP contribution in [-0.4, -0.2) is 36.3 Å². The first-order valence-electron chi connectivity index (χ1n) is 11.8. The molecule has 6 heteroatoms. The number of aryl methyl sites for hydroxylation is 3. The van der Waals surface area contributed by atoms with Crippen LogP contribution in [0.1, 0.15) is 47.2 Å². The molecule has 0 amide bonds. The zero-order valence-electron chi connectivity index (χ0n) is 20.0. The molecule has 3 N–H and O–H groups in total. The van der Waals surface area contributed by atoms with Gasteiger partial charge in [-0.3, -0.25) is 10.1 Å². The van der Waals surface area contributed by atoms with E-state index in [0.717, 1.165) is 42.2 Å². The summed E-state index contributed by atoms with van der Waals surface area (Å²) in [5.41, 5.74) is 8.08. The number of rotatable bonds is 9. The summed E-state index contributed by atoms with van der Waals surface area (Å²) in [5, 5.41) is 15.3. The molecule has 0 saturated heterocycles. The number of benzene rings is 2. The quantitative estimate of drug-likeness (QED) is 0.434. The van der Waals surface area contributed by atoms with Gasteiger partial charge in [0, 0.05) is 31.0 Å². The van der Waals surface area contributed by atoms with E-state index < -0.39 is 6.23 Å². The van der Waals surface area contributed by atoms with E-state index in [1.807, 2.05) is 13.0 Å². The Labute approximate surface area is 194 Å². The lowest BCUT2D eigenvalue weighted by atomic mass is 9.97. The first-order valence-corrected chi connectivity index (χ1v) is 11.8. The van der Waals surface area contributed by atoms with E-state index in [0.29, 0.717) is 17.7 Å². The second-order valence-electron chi connectivity index (χ2n) is 8.92. The smallest absolute Gasteiger partial charge is 0.248 e. The van der Waals surface area contributed by atoms with Crippen molar-refractivity contribution in [1.82, 2.24) is 10.3 Å².